The summed E-state index contributed by atoms with van der Waals surface area (Å²) in [6.45, 7) is 4.38. The van der Waals surface area contributed by atoms with Gasteiger partial charge in [-0.2, -0.15) is 0 Å². The molecule has 2 aromatic rings. The molecule has 3 rings (SSSR count). The number of hydrogen-bond donors (Lipinski definition) is 1. The third-order valence-corrected chi connectivity index (χ3v) is 3.97. The quantitative estimate of drug-likeness (QED) is 0.939. The van der Waals surface area contributed by atoms with Gasteiger partial charge in [0, 0.05) is 13.1 Å². The van der Waals surface area contributed by atoms with Crippen LogP contribution in [0.15, 0.2) is 35.2 Å². The van der Waals surface area contributed by atoms with Gasteiger partial charge < -0.3 is 14.6 Å². The molecule has 1 amide bonds. The molecule has 116 valence electrons. The van der Waals surface area contributed by atoms with Crippen LogP contribution in [-0.2, 0) is 6.54 Å². The fraction of sp³-hybridized carbons (Fsp3) is 0.438. The predicted molar refractivity (Wildman–Crippen MR) is 82.4 cm³/mol. The lowest BCUT2D eigenvalue weighted by atomic mass is 9.99. The molecular weight excluding hydrogens is 280 g/mol. The van der Waals surface area contributed by atoms with Gasteiger partial charge in [-0.1, -0.05) is 6.92 Å². The van der Waals surface area contributed by atoms with Crippen molar-refractivity contribution in [2.45, 2.75) is 26.3 Å². The van der Waals surface area contributed by atoms with Crippen molar-refractivity contribution >= 4 is 11.7 Å². The minimum absolute atomic E-state index is 0.0306. The molecule has 6 heteroatoms. The second-order valence-electron chi connectivity index (χ2n) is 5.69. The smallest absolute Gasteiger partial charge is 0.274 e. The maximum atomic E-state index is 12.4. The fourth-order valence-electron chi connectivity index (χ4n) is 2.49. The van der Waals surface area contributed by atoms with Crippen molar-refractivity contribution in [2.24, 2.45) is 5.92 Å². The predicted octanol–water partition coefficient (Wildman–Crippen LogP) is 2.55. The van der Waals surface area contributed by atoms with Gasteiger partial charge in [0.2, 0.25) is 0 Å². The number of hydrogen-bond acceptors (Lipinski definition) is 5. The monoisotopic (exact) mass is 300 g/mol. The second kappa shape index (κ2) is 6.60. The molecule has 0 unspecified atom stereocenters. The summed E-state index contributed by atoms with van der Waals surface area (Å²) < 4.78 is 5.23. The number of amides is 1. The number of carbonyl (C=O) groups is 1. The van der Waals surface area contributed by atoms with Crippen molar-refractivity contribution in [3.05, 3.63) is 42.2 Å². The van der Waals surface area contributed by atoms with E-state index in [9.17, 15) is 4.79 Å². The van der Waals surface area contributed by atoms with Gasteiger partial charge in [-0.05, 0) is 30.9 Å². The Hall–Kier alpha value is -2.37. The minimum atomic E-state index is -0.0306. The Morgan fingerprint density at radius 1 is 1.36 bits per heavy atom. The van der Waals surface area contributed by atoms with Crippen molar-refractivity contribution in [1.29, 1.82) is 0 Å². The van der Waals surface area contributed by atoms with Crippen LogP contribution in [0.4, 0.5) is 5.82 Å². The van der Waals surface area contributed by atoms with Gasteiger partial charge in [0.05, 0.1) is 25.2 Å². The summed E-state index contributed by atoms with van der Waals surface area (Å²) in [6, 6.07) is 3.72. The topological polar surface area (TPSA) is 71.3 Å². The highest BCUT2D eigenvalue weighted by molar-refractivity contribution is 5.92. The summed E-state index contributed by atoms with van der Waals surface area (Å²) in [4.78, 5) is 22.7. The number of carbonyl (C=O) groups excluding carboxylic acids is 1. The van der Waals surface area contributed by atoms with E-state index in [4.69, 9.17) is 4.42 Å². The van der Waals surface area contributed by atoms with E-state index in [1.807, 2.05) is 17.0 Å². The van der Waals surface area contributed by atoms with Gasteiger partial charge in [0.15, 0.2) is 0 Å². The van der Waals surface area contributed by atoms with Crippen LogP contribution in [0.25, 0.3) is 0 Å². The zero-order chi connectivity index (χ0) is 15.4. The summed E-state index contributed by atoms with van der Waals surface area (Å²) >= 11 is 0. The van der Waals surface area contributed by atoms with Crippen LogP contribution < -0.4 is 5.32 Å². The Morgan fingerprint density at radius 2 is 2.18 bits per heavy atom. The number of piperidine rings is 1. The zero-order valence-corrected chi connectivity index (χ0v) is 12.7. The highest BCUT2D eigenvalue weighted by atomic mass is 16.3. The molecule has 2 aromatic heterocycles. The molecule has 0 radical (unpaired) electrons. The van der Waals surface area contributed by atoms with E-state index in [2.05, 4.69) is 22.2 Å². The maximum absolute atomic E-state index is 12.4. The Labute approximate surface area is 129 Å². The molecule has 22 heavy (non-hydrogen) atoms. The first-order valence-electron chi connectivity index (χ1n) is 7.60. The van der Waals surface area contributed by atoms with Gasteiger partial charge in [-0.25, -0.2) is 9.97 Å². The second-order valence-corrected chi connectivity index (χ2v) is 5.69. The van der Waals surface area contributed by atoms with Crippen LogP contribution >= 0.6 is 0 Å². The first-order chi connectivity index (χ1) is 10.7. The van der Waals surface area contributed by atoms with E-state index in [-0.39, 0.29) is 5.91 Å². The normalized spacial score (nSPS) is 15.8. The number of rotatable bonds is 4. The SMILES string of the molecule is CC1CCN(C(=O)c2cnc(NCc3ccco3)cn2)CC1. The third-order valence-electron chi connectivity index (χ3n) is 3.97. The summed E-state index contributed by atoms with van der Waals surface area (Å²) in [6.07, 6.45) is 6.86. The Balaban J connectivity index is 1.57. The molecule has 0 aromatic carbocycles. The Bertz CT molecular complexity index is 602. The van der Waals surface area contributed by atoms with Crippen molar-refractivity contribution in [3.63, 3.8) is 0 Å². The first-order valence-corrected chi connectivity index (χ1v) is 7.60. The third kappa shape index (κ3) is 3.44. The maximum Gasteiger partial charge on any atom is 0.274 e. The Kier molecular flexibility index (Phi) is 4.37. The van der Waals surface area contributed by atoms with E-state index < -0.39 is 0 Å². The van der Waals surface area contributed by atoms with Crippen molar-refractivity contribution < 1.29 is 9.21 Å². The molecule has 1 N–H and O–H groups in total. The lowest BCUT2D eigenvalue weighted by Crippen LogP contribution is -2.38. The van der Waals surface area contributed by atoms with Crippen LogP contribution in [0.5, 0.6) is 0 Å². The molecule has 0 bridgehead atoms. The van der Waals surface area contributed by atoms with E-state index in [1.165, 1.54) is 6.20 Å². The van der Waals surface area contributed by atoms with Crippen molar-refractivity contribution in [2.75, 3.05) is 18.4 Å². The number of nitrogens with zero attached hydrogens (tertiary/aromatic N) is 3. The van der Waals surface area contributed by atoms with Crippen molar-refractivity contribution in [1.82, 2.24) is 14.9 Å². The first kappa shape index (κ1) is 14.6. The van der Waals surface area contributed by atoms with Gasteiger partial charge in [0.1, 0.15) is 17.3 Å². The molecule has 1 saturated heterocycles. The van der Waals surface area contributed by atoms with Gasteiger partial charge in [-0.3, -0.25) is 4.79 Å². The van der Waals surface area contributed by atoms with Gasteiger partial charge in [0.25, 0.3) is 5.91 Å². The molecule has 3 heterocycles. The van der Waals surface area contributed by atoms with E-state index in [0.29, 0.717) is 24.0 Å². The van der Waals surface area contributed by atoms with Crippen LogP contribution in [0.1, 0.15) is 36.0 Å². The Morgan fingerprint density at radius 3 is 2.82 bits per heavy atom. The molecule has 0 atom stereocenters. The molecule has 1 aliphatic rings. The summed E-state index contributed by atoms with van der Waals surface area (Å²) in [5.41, 5.74) is 0.401. The fourth-order valence-corrected chi connectivity index (χ4v) is 2.49. The highest BCUT2D eigenvalue weighted by Gasteiger charge is 2.22. The minimum Gasteiger partial charge on any atom is -0.467 e. The average Bonchev–Trinajstić information content (AvgIpc) is 3.07. The van der Waals surface area contributed by atoms with E-state index in [1.54, 1.807) is 12.5 Å². The van der Waals surface area contributed by atoms with Crippen LogP contribution in [0.3, 0.4) is 0 Å². The number of nitrogens with one attached hydrogen (secondary N) is 1. The molecule has 0 spiro atoms. The van der Waals surface area contributed by atoms with Gasteiger partial charge in [-0.15, -0.1) is 0 Å². The molecule has 0 aliphatic carbocycles. The number of furan rings is 1. The molecule has 0 saturated carbocycles. The standard InChI is InChI=1S/C16H20N4O2/c1-12-4-6-20(7-5-12)16(21)14-10-19-15(11-17-14)18-9-13-3-2-8-22-13/h2-3,8,10-12H,4-7,9H2,1H3,(H,18,19). The van der Waals surface area contributed by atoms with Gasteiger partial charge >= 0.3 is 0 Å². The molecular formula is C16H20N4O2. The lowest BCUT2D eigenvalue weighted by molar-refractivity contribution is 0.0691. The highest BCUT2D eigenvalue weighted by Crippen LogP contribution is 2.17. The average molecular weight is 300 g/mol. The van der Waals surface area contributed by atoms with Crippen molar-refractivity contribution in [3.8, 4) is 0 Å². The summed E-state index contributed by atoms with van der Waals surface area (Å²) in [5, 5.41) is 3.11. The molecule has 1 fully saturated rings. The zero-order valence-electron chi connectivity index (χ0n) is 12.7. The number of likely N-dealkylation sites (tertiary alicyclic amines) is 1. The number of aromatic nitrogens is 2. The molecule has 1 aliphatic heterocycles. The van der Waals surface area contributed by atoms with Crippen LogP contribution in [0.2, 0.25) is 0 Å². The van der Waals surface area contributed by atoms with Crippen LogP contribution in [-0.4, -0.2) is 33.9 Å². The largest absolute Gasteiger partial charge is 0.467 e. The summed E-state index contributed by atoms with van der Waals surface area (Å²) in [7, 11) is 0. The summed E-state index contributed by atoms with van der Waals surface area (Å²) in [5.74, 6) is 2.12. The van der Waals surface area contributed by atoms with E-state index in [0.717, 1.165) is 31.7 Å². The van der Waals surface area contributed by atoms with Crippen LogP contribution in [0, 0.1) is 5.92 Å². The number of anilines is 1. The van der Waals surface area contributed by atoms with E-state index >= 15 is 0 Å². The lowest BCUT2D eigenvalue weighted by Gasteiger charge is -2.29. The molecule has 6 nitrogen and oxygen atoms in total.